The molecule has 0 bridgehead atoms. The molecule has 20 heavy (non-hydrogen) atoms. The predicted molar refractivity (Wildman–Crippen MR) is 73.3 cm³/mol. The Morgan fingerprint density at radius 1 is 1.10 bits per heavy atom. The normalized spacial score (nSPS) is 11.1. The van der Waals surface area contributed by atoms with Crippen LogP contribution >= 0.6 is 0 Å². The van der Waals surface area contributed by atoms with Crippen molar-refractivity contribution < 1.29 is 16.9 Å². The molecular weight excluding hydrogens is 327 g/mol. The fraction of sp³-hybridized carbons (Fsp3) is 0. The first-order valence-electron chi connectivity index (χ1n) is 5.54. The zero-order valence-electron chi connectivity index (χ0n) is 10.1. The van der Waals surface area contributed by atoms with Crippen LogP contribution in [-0.2, 0) is 3.74 Å². The third kappa shape index (κ3) is 3.27. The van der Waals surface area contributed by atoms with E-state index < -0.39 is 19.1 Å². The fourth-order valence-corrected chi connectivity index (χ4v) is 2.81. The van der Waals surface area contributed by atoms with Gasteiger partial charge < -0.3 is 0 Å². The molecule has 8 heteroatoms. The number of nitrogens with zero attached hydrogens (tertiary/aromatic N) is 1. The van der Waals surface area contributed by atoms with Crippen LogP contribution in [0.1, 0.15) is 0 Å². The molecular formula is C12H11AsN2O5. The van der Waals surface area contributed by atoms with E-state index in [1.54, 1.807) is 30.3 Å². The van der Waals surface area contributed by atoms with Gasteiger partial charge in [0.25, 0.3) is 0 Å². The van der Waals surface area contributed by atoms with Crippen LogP contribution in [0.15, 0.2) is 48.5 Å². The van der Waals surface area contributed by atoms with Crippen molar-refractivity contribution in [3.63, 3.8) is 0 Å². The topological polar surface area (TPSA) is 113 Å². The van der Waals surface area contributed by atoms with Gasteiger partial charge in [-0.1, -0.05) is 0 Å². The first kappa shape index (κ1) is 14.3. The molecule has 104 valence electrons. The first-order chi connectivity index (χ1) is 9.38. The molecule has 0 saturated heterocycles. The Morgan fingerprint density at radius 3 is 2.30 bits per heavy atom. The predicted octanol–water partition coefficient (Wildman–Crippen LogP) is 0.899. The van der Waals surface area contributed by atoms with Gasteiger partial charge in [0.1, 0.15) is 0 Å². The van der Waals surface area contributed by atoms with E-state index in [2.05, 4.69) is 5.32 Å². The SMILES string of the molecule is O=[N+]([O-])c1cc([As](=O)(O)O)ccc1Nc1ccccc1. The molecule has 0 aliphatic carbocycles. The number of para-hydroxylation sites is 1. The summed E-state index contributed by atoms with van der Waals surface area (Å²) in [4.78, 5) is 10.3. The monoisotopic (exact) mass is 338 g/mol. The summed E-state index contributed by atoms with van der Waals surface area (Å²) in [5.74, 6) is 0. The van der Waals surface area contributed by atoms with Gasteiger partial charge in [0.2, 0.25) is 0 Å². The van der Waals surface area contributed by atoms with Gasteiger partial charge in [-0.15, -0.1) is 0 Å². The van der Waals surface area contributed by atoms with Gasteiger partial charge in [-0.3, -0.25) is 0 Å². The van der Waals surface area contributed by atoms with E-state index in [0.717, 1.165) is 6.07 Å². The second-order valence-corrected chi connectivity index (χ2v) is 7.36. The molecule has 2 aromatic carbocycles. The number of nitrogens with one attached hydrogen (secondary N) is 1. The Hall–Kier alpha value is -2.08. The van der Waals surface area contributed by atoms with Crippen LogP contribution in [0, 0.1) is 10.1 Å². The molecule has 0 saturated carbocycles. The van der Waals surface area contributed by atoms with Crippen molar-refractivity contribution in [3.8, 4) is 0 Å². The molecule has 3 N–H and O–H groups in total. The number of nitro benzene ring substituents is 1. The molecule has 0 fully saturated rings. The molecule has 0 spiro atoms. The van der Waals surface area contributed by atoms with E-state index in [-0.39, 0.29) is 15.7 Å². The Labute approximate surface area is 117 Å². The number of hydrogen-bond donors (Lipinski definition) is 3. The van der Waals surface area contributed by atoms with Crippen molar-refractivity contribution in [2.24, 2.45) is 0 Å². The molecule has 0 aromatic heterocycles. The summed E-state index contributed by atoms with van der Waals surface area (Å²) in [5.41, 5.74) is 0.440. The molecule has 0 unspecified atom stereocenters. The molecule has 2 aromatic rings. The Bertz CT molecular complexity index is 684. The number of nitro groups is 1. The van der Waals surface area contributed by atoms with Crippen molar-refractivity contribution >= 4 is 35.6 Å². The van der Waals surface area contributed by atoms with E-state index in [1.165, 1.54) is 12.1 Å². The van der Waals surface area contributed by atoms with E-state index in [1.807, 2.05) is 0 Å². The van der Waals surface area contributed by atoms with Gasteiger partial charge in [0.15, 0.2) is 0 Å². The summed E-state index contributed by atoms with van der Waals surface area (Å²) < 4.78 is 29.1. The molecule has 0 heterocycles. The zero-order chi connectivity index (χ0) is 14.8. The van der Waals surface area contributed by atoms with Crippen molar-refractivity contribution in [2.75, 3.05) is 5.32 Å². The first-order valence-corrected chi connectivity index (χ1v) is 8.93. The maximum absolute atomic E-state index is 11.2. The summed E-state index contributed by atoms with van der Waals surface area (Å²) in [6.07, 6.45) is 0. The van der Waals surface area contributed by atoms with Gasteiger partial charge in [-0.25, -0.2) is 0 Å². The summed E-state index contributed by atoms with van der Waals surface area (Å²) in [7, 11) is 0. The minimum absolute atomic E-state index is 0.175. The van der Waals surface area contributed by atoms with Gasteiger partial charge in [-0.05, 0) is 0 Å². The van der Waals surface area contributed by atoms with Crippen LogP contribution in [0.3, 0.4) is 0 Å². The minimum atomic E-state index is -5.15. The number of anilines is 2. The summed E-state index contributed by atoms with van der Waals surface area (Å²) in [6, 6.07) is 12.2. The molecule has 2 rings (SSSR count). The third-order valence-electron chi connectivity index (χ3n) is 2.57. The van der Waals surface area contributed by atoms with Crippen LogP contribution in [0.25, 0.3) is 0 Å². The number of hydrogen-bond acceptors (Lipinski definition) is 4. The molecule has 0 atom stereocenters. The second-order valence-electron chi connectivity index (χ2n) is 3.99. The van der Waals surface area contributed by atoms with Gasteiger partial charge in [-0.2, -0.15) is 0 Å². The van der Waals surface area contributed by atoms with E-state index in [0.29, 0.717) is 5.69 Å². The molecule has 7 nitrogen and oxygen atoms in total. The second kappa shape index (κ2) is 5.50. The fourth-order valence-electron chi connectivity index (χ4n) is 1.63. The van der Waals surface area contributed by atoms with Gasteiger partial charge in [0.05, 0.1) is 0 Å². The summed E-state index contributed by atoms with van der Waals surface area (Å²) >= 11 is -5.15. The van der Waals surface area contributed by atoms with Crippen molar-refractivity contribution in [1.29, 1.82) is 0 Å². The Morgan fingerprint density at radius 2 is 1.75 bits per heavy atom. The van der Waals surface area contributed by atoms with E-state index in [4.69, 9.17) is 8.19 Å². The average Bonchev–Trinajstić information content (AvgIpc) is 2.38. The molecule has 0 aliphatic rings. The van der Waals surface area contributed by atoms with Crippen molar-refractivity contribution in [2.45, 2.75) is 0 Å². The maximum atomic E-state index is 11.2. The van der Waals surface area contributed by atoms with Crippen molar-refractivity contribution in [3.05, 3.63) is 58.6 Å². The van der Waals surface area contributed by atoms with Gasteiger partial charge >= 0.3 is 116 Å². The molecule has 0 aliphatic heterocycles. The van der Waals surface area contributed by atoms with Crippen LogP contribution in [0.5, 0.6) is 0 Å². The van der Waals surface area contributed by atoms with Gasteiger partial charge in [0, 0.05) is 0 Å². The Balaban J connectivity index is 2.44. The third-order valence-corrected chi connectivity index (χ3v) is 4.56. The van der Waals surface area contributed by atoms with Crippen LogP contribution in [-0.4, -0.2) is 27.3 Å². The van der Waals surface area contributed by atoms with Crippen LogP contribution < -0.4 is 9.67 Å². The quantitative estimate of drug-likeness (QED) is 0.434. The van der Waals surface area contributed by atoms with E-state index in [9.17, 15) is 13.9 Å². The van der Waals surface area contributed by atoms with E-state index >= 15 is 0 Å². The molecule has 0 amide bonds. The number of benzene rings is 2. The summed E-state index contributed by atoms with van der Waals surface area (Å²) in [5, 5.41) is 13.9. The van der Waals surface area contributed by atoms with Crippen LogP contribution in [0.4, 0.5) is 17.1 Å². The zero-order valence-corrected chi connectivity index (χ0v) is 12.0. The average molecular weight is 338 g/mol. The number of rotatable bonds is 4. The summed E-state index contributed by atoms with van der Waals surface area (Å²) in [6.45, 7) is 0. The van der Waals surface area contributed by atoms with Crippen LogP contribution in [0.2, 0.25) is 0 Å². The standard InChI is InChI=1S/C12H11AsN2O5/c16-13(17,18)9-6-7-11(12(8-9)15(19)20)14-10-4-2-1-3-5-10/h1-8,14H,(H2,16,17,18). The Kier molecular flexibility index (Phi) is 3.94. The van der Waals surface area contributed by atoms with Crippen molar-refractivity contribution in [1.82, 2.24) is 0 Å². The molecule has 0 radical (unpaired) electrons.